The van der Waals surface area contributed by atoms with Gasteiger partial charge < -0.3 is 10.6 Å². The number of nitrogens with two attached hydrogens (primary N) is 1. The zero-order valence-corrected chi connectivity index (χ0v) is 10.8. The lowest BCUT2D eigenvalue weighted by Crippen LogP contribution is -2.28. The van der Waals surface area contributed by atoms with Gasteiger partial charge in [0.15, 0.2) is 11.5 Å². The van der Waals surface area contributed by atoms with Crippen LogP contribution in [0.25, 0.3) is 5.52 Å². The highest BCUT2D eigenvalue weighted by Gasteiger charge is 2.35. The Morgan fingerprint density at radius 2 is 2.10 bits per heavy atom. The van der Waals surface area contributed by atoms with Crippen LogP contribution >= 0.6 is 0 Å². The second-order valence-electron chi connectivity index (χ2n) is 5.15. The van der Waals surface area contributed by atoms with Gasteiger partial charge in [-0.25, -0.2) is 9.50 Å². The summed E-state index contributed by atoms with van der Waals surface area (Å²) in [6, 6.07) is 1.03. The predicted octanol–water partition coefficient (Wildman–Crippen LogP) is 1.53. The van der Waals surface area contributed by atoms with Crippen LogP contribution < -0.4 is 10.6 Å². The van der Waals surface area contributed by atoms with E-state index in [0.29, 0.717) is 24.4 Å². The van der Waals surface area contributed by atoms with Crippen LogP contribution in [0.4, 0.5) is 19.0 Å². The van der Waals surface area contributed by atoms with Gasteiger partial charge in [0.1, 0.15) is 5.52 Å². The third-order valence-corrected chi connectivity index (χ3v) is 3.63. The molecule has 1 saturated heterocycles. The zero-order valence-electron chi connectivity index (χ0n) is 10.8. The van der Waals surface area contributed by atoms with E-state index in [2.05, 4.69) is 10.1 Å². The van der Waals surface area contributed by atoms with Crippen molar-refractivity contribution in [1.82, 2.24) is 14.6 Å². The number of anilines is 1. The number of hydrogen-bond acceptors (Lipinski definition) is 4. The first-order valence-corrected chi connectivity index (χ1v) is 6.28. The molecule has 0 aromatic carbocycles. The van der Waals surface area contributed by atoms with E-state index in [4.69, 9.17) is 5.73 Å². The molecule has 1 aliphatic heterocycles. The van der Waals surface area contributed by atoms with Gasteiger partial charge in [0, 0.05) is 37.6 Å². The van der Waals surface area contributed by atoms with E-state index in [1.165, 1.54) is 16.9 Å². The van der Waals surface area contributed by atoms with Crippen molar-refractivity contribution in [2.45, 2.75) is 19.1 Å². The van der Waals surface area contributed by atoms with Crippen LogP contribution in [0.15, 0.2) is 18.5 Å². The molecule has 0 bridgehead atoms. The Morgan fingerprint density at radius 3 is 2.70 bits per heavy atom. The highest BCUT2D eigenvalue weighted by Crippen LogP contribution is 2.32. The molecule has 0 spiro atoms. The molecule has 2 atom stereocenters. The maximum Gasteiger partial charge on any atom is 0.435 e. The van der Waals surface area contributed by atoms with Crippen LogP contribution in [0.2, 0.25) is 0 Å². The number of fused-ring (bicyclic) bond motifs is 1. The molecule has 1 aliphatic rings. The molecule has 0 radical (unpaired) electrons. The first kappa shape index (κ1) is 13.2. The molecule has 3 heterocycles. The Labute approximate surface area is 113 Å². The van der Waals surface area contributed by atoms with Crippen molar-refractivity contribution in [3.8, 4) is 0 Å². The molecule has 3 rings (SSSR count). The molecule has 0 saturated carbocycles. The topological polar surface area (TPSA) is 59.5 Å². The van der Waals surface area contributed by atoms with E-state index < -0.39 is 11.9 Å². The van der Waals surface area contributed by atoms with Gasteiger partial charge in [-0.05, 0) is 5.92 Å². The van der Waals surface area contributed by atoms with Gasteiger partial charge in [-0.1, -0.05) is 6.92 Å². The van der Waals surface area contributed by atoms with Crippen molar-refractivity contribution < 1.29 is 13.2 Å². The zero-order chi connectivity index (χ0) is 14.5. The second-order valence-corrected chi connectivity index (χ2v) is 5.15. The average molecular weight is 285 g/mol. The van der Waals surface area contributed by atoms with Crippen molar-refractivity contribution >= 4 is 11.3 Å². The smallest absolute Gasteiger partial charge is 0.353 e. The molecular formula is C12H14F3N5. The Bertz CT molecular complexity index is 626. The van der Waals surface area contributed by atoms with Crippen molar-refractivity contribution in [3.63, 3.8) is 0 Å². The minimum atomic E-state index is -4.46. The second kappa shape index (κ2) is 4.34. The van der Waals surface area contributed by atoms with Gasteiger partial charge in [0.25, 0.3) is 0 Å². The lowest BCUT2D eigenvalue weighted by atomic mass is 10.1. The Hall–Kier alpha value is -1.83. The number of alkyl halides is 3. The molecule has 108 valence electrons. The fraction of sp³-hybridized carbons (Fsp3) is 0.500. The van der Waals surface area contributed by atoms with Crippen molar-refractivity contribution in [2.75, 3.05) is 18.0 Å². The summed E-state index contributed by atoms with van der Waals surface area (Å²) in [5.74, 6) is 0.775. The van der Waals surface area contributed by atoms with Crippen LogP contribution in [0.1, 0.15) is 12.6 Å². The van der Waals surface area contributed by atoms with Gasteiger partial charge >= 0.3 is 6.18 Å². The van der Waals surface area contributed by atoms with Gasteiger partial charge in [-0.2, -0.15) is 18.3 Å². The normalized spacial score (nSPS) is 23.8. The van der Waals surface area contributed by atoms with Crippen molar-refractivity contribution in [3.05, 3.63) is 24.2 Å². The van der Waals surface area contributed by atoms with E-state index in [9.17, 15) is 13.2 Å². The molecule has 2 unspecified atom stereocenters. The van der Waals surface area contributed by atoms with Crippen LogP contribution in [-0.2, 0) is 6.18 Å². The van der Waals surface area contributed by atoms with Crippen LogP contribution in [-0.4, -0.2) is 33.7 Å². The molecule has 20 heavy (non-hydrogen) atoms. The van der Waals surface area contributed by atoms with Crippen molar-refractivity contribution in [1.29, 1.82) is 0 Å². The van der Waals surface area contributed by atoms with E-state index in [-0.39, 0.29) is 12.0 Å². The third kappa shape index (κ3) is 2.09. The molecular weight excluding hydrogens is 271 g/mol. The van der Waals surface area contributed by atoms with E-state index in [1.807, 2.05) is 11.8 Å². The Kier molecular flexibility index (Phi) is 2.86. The largest absolute Gasteiger partial charge is 0.435 e. The summed E-state index contributed by atoms with van der Waals surface area (Å²) in [6.45, 7) is 3.28. The molecule has 1 fully saturated rings. The quantitative estimate of drug-likeness (QED) is 0.863. The first-order chi connectivity index (χ1) is 9.36. The fourth-order valence-corrected chi connectivity index (χ4v) is 2.46. The van der Waals surface area contributed by atoms with E-state index >= 15 is 0 Å². The highest BCUT2D eigenvalue weighted by molar-refractivity contribution is 5.69. The molecule has 8 heteroatoms. The number of aromatic nitrogens is 3. The molecule has 0 amide bonds. The average Bonchev–Trinajstić information content (AvgIpc) is 2.93. The maximum atomic E-state index is 12.7. The van der Waals surface area contributed by atoms with E-state index in [0.717, 1.165) is 6.07 Å². The Morgan fingerprint density at radius 1 is 1.35 bits per heavy atom. The standard InChI is InChI=1S/C12H14F3N5/c1-7-5-19(6-8(7)16)11-9-4-10(12(13,14)15)18-20(9)3-2-17-11/h2-4,7-8H,5-6,16H2,1H3. The summed E-state index contributed by atoms with van der Waals surface area (Å²) in [7, 11) is 0. The predicted molar refractivity (Wildman–Crippen MR) is 67.3 cm³/mol. The highest BCUT2D eigenvalue weighted by atomic mass is 19.4. The minimum absolute atomic E-state index is 0.00191. The lowest BCUT2D eigenvalue weighted by Gasteiger charge is -2.17. The number of rotatable bonds is 1. The number of halogens is 3. The van der Waals surface area contributed by atoms with Crippen LogP contribution in [0.5, 0.6) is 0 Å². The number of hydrogen-bond donors (Lipinski definition) is 1. The monoisotopic (exact) mass is 285 g/mol. The van der Waals surface area contributed by atoms with E-state index in [1.54, 1.807) is 0 Å². The summed E-state index contributed by atoms with van der Waals surface area (Å²) < 4.78 is 39.4. The minimum Gasteiger partial charge on any atom is -0.353 e. The summed E-state index contributed by atoms with van der Waals surface area (Å²) in [6.07, 6.45) is -1.60. The van der Waals surface area contributed by atoms with Crippen LogP contribution in [0.3, 0.4) is 0 Å². The first-order valence-electron chi connectivity index (χ1n) is 6.28. The van der Waals surface area contributed by atoms with Crippen LogP contribution in [0, 0.1) is 5.92 Å². The molecule has 2 N–H and O–H groups in total. The summed E-state index contributed by atoms with van der Waals surface area (Å²) in [5, 5.41) is 3.55. The lowest BCUT2D eigenvalue weighted by molar-refractivity contribution is -0.141. The third-order valence-electron chi connectivity index (χ3n) is 3.63. The maximum absolute atomic E-state index is 12.7. The van der Waals surface area contributed by atoms with Crippen molar-refractivity contribution in [2.24, 2.45) is 11.7 Å². The number of nitrogens with zero attached hydrogens (tertiary/aromatic N) is 4. The van der Waals surface area contributed by atoms with Gasteiger partial charge in [0.05, 0.1) is 0 Å². The SMILES string of the molecule is CC1CN(c2nccn3nc(C(F)(F)F)cc23)CC1N. The van der Waals surface area contributed by atoms with Gasteiger partial charge in [-0.3, -0.25) is 0 Å². The molecule has 2 aromatic rings. The van der Waals surface area contributed by atoms with Gasteiger partial charge in [-0.15, -0.1) is 0 Å². The summed E-state index contributed by atoms with van der Waals surface area (Å²) in [5.41, 5.74) is 5.39. The molecule has 5 nitrogen and oxygen atoms in total. The van der Waals surface area contributed by atoms with Gasteiger partial charge in [0.2, 0.25) is 0 Å². The molecule has 2 aromatic heterocycles. The Balaban J connectivity index is 2.06. The summed E-state index contributed by atoms with van der Waals surface area (Å²) >= 11 is 0. The molecule has 0 aliphatic carbocycles. The summed E-state index contributed by atoms with van der Waals surface area (Å²) in [4.78, 5) is 6.10. The fourth-order valence-electron chi connectivity index (χ4n) is 2.46.